The Hall–Kier alpha value is -2.78. The van der Waals surface area contributed by atoms with Crippen molar-refractivity contribution in [3.63, 3.8) is 0 Å². The first-order valence-corrected chi connectivity index (χ1v) is 9.55. The summed E-state index contributed by atoms with van der Waals surface area (Å²) < 4.78 is 8.44. The Morgan fingerprint density at radius 1 is 1.07 bits per heavy atom. The Balaban J connectivity index is 1.31. The number of aromatic nitrogens is 5. The maximum absolute atomic E-state index is 12.1. The Labute approximate surface area is 163 Å². The molecule has 0 unspecified atom stereocenters. The van der Waals surface area contributed by atoms with Gasteiger partial charge in [0.2, 0.25) is 0 Å². The molecular formula is C19H25N7O2. The number of nitrogens with zero attached hydrogens (tertiary/aromatic N) is 7. The highest BCUT2D eigenvalue weighted by Gasteiger charge is 2.20. The van der Waals surface area contributed by atoms with E-state index in [2.05, 4.69) is 25.2 Å². The van der Waals surface area contributed by atoms with Crippen LogP contribution in [0.25, 0.3) is 5.82 Å². The van der Waals surface area contributed by atoms with Gasteiger partial charge in [-0.25, -0.2) is 9.36 Å². The second-order valence-electron chi connectivity index (χ2n) is 7.12. The minimum Gasteiger partial charge on any atom is -0.361 e. The molecular weight excluding hydrogens is 358 g/mol. The van der Waals surface area contributed by atoms with Gasteiger partial charge in [0.15, 0.2) is 5.82 Å². The van der Waals surface area contributed by atoms with Gasteiger partial charge >= 0.3 is 0 Å². The summed E-state index contributed by atoms with van der Waals surface area (Å²) in [4.78, 5) is 16.9. The lowest BCUT2D eigenvalue weighted by Crippen LogP contribution is -2.47. The van der Waals surface area contributed by atoms with Crippen molar-refractivity contribution >= 4 is 0 Å². The normalized spacial score (nSPS) is 15.9. The zero-order valence-corrected chi connectivity index (χ0v) is 16.3. The predicted octanol–water partition coefficient (Wildman–Crippen LogP) is 0.852. The van der Waals surface area contributed by atoms with E-state index in [1.54, 1.807) is 23.0 Å². The Morgan fingerprint density at radius 3 is 2.54 bits per heavy atom. The van der Waals surface area contributed by atoms with Crippen LogP contribution in [0.3, 0.4) is 0 Å². The van der Waals surface area contributed by atoms with Crippen LogP contribution in [0.5, 0.6) is 0 Å². The van der Waals surface area contributed by atoms with Gasteiger partial charge in [0.05, 0.1) is 12.2 Å². The van der Waals surface area contributed by atoms with Gasteiger partial charge < -0.3 is 4.52 Å². The number of rotatable bonds is 6. The average Bonchev–Trinajstić information content (AvgIpc) is 3.34. The molecule has 1 saturated heterocycles. The third-order valence-electron chi connectivity index (χ3n) is 5.25. The highest BCUT2D eigenvalue weighted by atomic mass is 16.5. The molecule has 3 aromatic heterocycles. The molecule has 1 fully saturated rings. The zero-order valence-electron chi connectivity index (χ0n) is 16.3. The lowest BCUT2D eigenvalue weighted by molar-refractivity contribution is 0.122. The van der Waals surface area contributed by atoms with Gasteiger partial charge in [-0.2, -0.15) is 5.10 Å². The van der Waals surface area contributed by atoms with Gasteiger partial charge in [-0.3, -0.25) is 14.6 Å². The quantitative estimate of drug-likeness (QED) is 0.624. The predicted molar refractivity (Wildman–Crippen MR) is 103 cm³/mol. The van der Waals surface area contributed by atoms with Crippen molar-refractivity contribution in [2.75, 3.05) is 32.7 Å². The minimum atomic E-state index is -0.0899. The van der Waals surface area contributed by atoms with Gasteiger partial charge in [-0.15, -0.1) is 5.10 Å². The summed E-state index contributed by atoms with van der Waals surface area (Å²) in [5.74, 6) is 1.55. The first kappa shape index (κ1) is 18.6. The van der Waals surface area contributed by atoms with E-state index in [4.69, 9.17) is 4.52 Å². The molecule has 0 bridgehead atoms. The highest BCUT2D eigenvalue weighted by molar-refractivity contribution is 5.20. The lowest BCUT2D eigenvalue weighted by Gasteiger charge is -2.34. The minimum absolute atomic E-state index is 0.0899. The van der Waals surface area contributed by atoms with E-state index in [1.165, 1.54) is 10.2 Å². The lowest BCUT2D eigenvalue weighted by atomic mass is 10.2. The third-order valence-corrected chi connectivity index (χ3v) is 5.25. The molecule has 9 heteroatoms. The summed E-state index contributed by atoms with van der Waals surface area (Å²) in [5.41, 5.74) is 2.08. The SMILES string of the molecule is Cc1noc(C)c1CN1CCN(CCn2nc(-n3cccn3)ccc2=O)CC1. The van der Waals surface area contributed by atoms with Gasteiger partial charge in [-0.05, 0) is 26.0 Å². The fourth-order valence-corrected chi connectivity index (χ4v) is 3.48. The Kier molecular flexibility index (Phi) is 5.36. The molecule has 0 amide bonds. The highest BCUT2D eigenvalue weighted by Crippen LogP contribution is 2.16. The van der Waals surface area contributed by atoms with Crippen molar-refractivity contribution in [2.45, 2.75) is 26.9 Å². The summed E-state index contributed by atoms with van der Waals surface area (Å²) >= 11 is 0. The summed E-state index contributed by atoms with van der Waals surface area (Å²) in [5, 5.41) is 12.6. The van der Waals surface area contributed by atoms with Crippen LogP contribution < -0.4 is 5.56 Å². The Bertz CT molecular complexity index is 949. The molecule has 0 aromatic carbocycles. The van der Waals surface area contributed by atoms with E-state index in [9.17, 15) is 4.79 Å². The number of aryl methyl sites for hydroxylation is 2. The van der Waals surface area contributed by atoms with E-state index >= 15 is 0 Å². The van der Waals surface area contributed by atoms with Crippen molar-refractivity contribution in [2.24, 2.45) is 0 Å². The number of hydrogen-bond acceptors (Lipinski definition) is 7. The van der Waals surface area contributed by atoms with E-state index in [0.717, 1.165) is 50.7 Å². The zero-order chi connectivity index (χ0) is 19.5. The fourth-order valence-electron chi connectivity index (χ4n) is 3.48. The second-order valence-corrected chi connectivity index (χ2v) is 7.12. The van der Waals surface area contributed by atoms with Crippen LogP contribution >= 0.6 is 0 Å². The van der Waals surface area contributed by atoms with Crippen molar-refractivity contribution in [3.05, 3.63) is 58.0 Å². The van der Waals surface area contributed by atoms with Crippen molar-refractivity contribution in [3.8, 4) is 5.82 Å². The number of hydrogen-bond donors (Lipinski definition) is 0. The maximum atomic E-state index is 12.1. The smallest absolute Gasteiger partial charge is 0.266 e. The van der Waals surface area contributed by atoms with Crippen LogP contribution in [-0.2, 0) is 13.1 Å². The van der Waals surface area contributed by atoms with Crippen LogP contribution in [0.1, 0.15) is 17.0 Å². The Morgan fingerprint density at radius 2 is 1.86 bits per heavy atom. The molecule has 0 saturated carbocycles. The molecule has 4 rings (SSSR count). The fraction of sp³-hybridized carbons (Fsp3) is 0.474. The van der Waals surface area contributed by atoms with Crippen molar-refractivity contribution in [1.29, 1.82) is 0 Å². The van der Waals surface area contributed by atoms with Crippen LogP contribution in [0, 0.1) is 13.8 Å². The molecule has 9 nitrogen and oxygen atoms in total. The molecule has 1 aliphatic rings. The van der Waals surface area contributed by atoms with Crippen LogP contribution in [0.4, 0.5) is 0 Å². The summed E-state index contributed by atoms with van der Waals surface area (Å²) in [7, 11) is 0. The molecule has 0 spiro atoms. The molecule has 0 aliphatic carbocycles. The molecule has 28 heavy (non-hydrogen) atoms. The summed E-state index contributed by atoms with van der Waals surface area (Å²) in [6.45, 7) is 10.1. The number of piperazine rings is 1. The van der Waals surface area contributed by atoms with Crippen LogP contribution in [-0.4, -0.2) is 67.2 Å². The van der Waals surface area contributed by atoms with E-state index < -0.39 is 0 Å². The van der Waals surface area contributed by atoms with Gasteiger partial charge in [0, 0.05) is 63.3 Å². The second kappa shape index (κ2) is 8.07. The largest absolute Gasteiger partial charge is 0.361 e. The van der Waals surface area contributed by atoms with E-state index in [-0.39, 0.29) is 5.56 Å². The first-order chi connectivity index (χ1) is 13.6. The monoisotopic (exact) mass is 383 g/mol. The molecule has 3 aromatic rings. The van der Waals surface area contributed by atoms with Gasteiger partial charge in [0.1, 0.15) is 5.76 Å². The van der Waals surface area contributed by atoms with Crippen LogP contribution in [0.2, 0.25) is 0 Å². The first-order valence-electron chi connectivity index (χ1n) is 9.55. The maximum Gasteiger partial charge on any atom is 0.266 e. The molecule has 4 heterocycles. The molecule has 148 valence electrons. The average molecular weight is 383 g/mol. The van der Waals surface area contributed by atoms with E-state index in [0.29, 0.717) is 12.4 Å². The summed E-state index contributed by atoms with van der Waals surface area (Å²) in [6.07, 6.45) is 3.51. The summed E-state index contributed by atoms with van der Waals surface area (Å²) in [6, 6.07) is 5.07. The van der Waals surface area contributed by atoms with E-state index in [1.807, 2.05) is 26.1 Å². The topological polar surface area (TPSA) is 85.2 Å². The molecule has 0 atom stereocenters. The molecule has 0 N–H and O–H groups in total. The van der Waals surface area contributed by atoms with Crippen molar-refractivity contribution < 1.29 is 4.52 Å². The standard InChI is InChI=1S/C19H25N7O2/c1-15-17(16(2)28-22-15)14-24-10-8-23(9-11-24)12-13-26-19(27)5-4-18(21-26)25-7-3-6-20-25/h3-7H,8-14H2,1-2H3. The molecule has 1 aliphatic heterocycles. The van der Waals surface area contributed by atoms with Gasteiger partial charge in [-0.1, -0.05) is 5.16 Å². The molecule has 0 radical (unpaired) electrons. The van der Waals surface area contributed by atoms with Gasteiger partial charge in [0.25, 0.3) is 5.56 Å². The third kappa shape index (κ3) is 4.05. The van der Waals surface area contributed by atoms with Crippen LogP contribution in [0.15, 0.2) is 39.9 Å². The van der Waals surface area contributed by atoms with Crippen molar-refractivity contribution in [1.82, 2.24) is 34.5 Å².